The highest BCUT2D eigenvalue weighted by Crippen LogP contribution is 2.38. The number of hydrogen-bond donors (Lipinski definition) is 0. The summed E-state index contributed by atoms with van der Waals surface area (Å²) >= 11 is 0. The third-order valence-corrected chi connectivity index (χ3v) is 6.03. The van der Waals surface area contributed by atoms with E-state index in [1.165, 1.54) is 12.1 Å². The maximum absolute atomic E-state index is 13.4. The van der Waals surface area contributed by atoms with Crippen LogP contribution in [-0.4, -0.2) is 60.0 Å². The molecule has 1 aromatic heterocycles. The lowest BCUT2D eigenvalue weighted by atomic mass is 9.98. The minimum Gasteiger partial charge on any atom is -0.450 e. The lowest BCUT2D eigenvalue weighted by molar-refractivity contribution is -0.384. The van der Waals surface area contributed by atoms with Crippen molar-refractivity contribution in [3.05, 3.63) is 85.8 Å². The van der Waals surface area contributed by atoms with E-state index in [2.05, 4.69) is 4.90 Å². The minimum absolute atomic E-state index is 0.00665. The Morgan fingerprint density at radius 1 is 1.03 bits per heavy atom. The van der Waals surface area contributed by atoms with E-state index in [-0.39, 0.29) is 28.3 Å². The van der Waals surface area contributed by atoms with Gasteiger partial charge in [0.2, 0.25) is 5.76 Å². The molecule has 1 fully saturated rings. The first-order chi connectivity index (χ1) is 15.5. The molecule has 0 radical (unpaired) electrons. The predicted octanol–water partition coefficient (Wildman–Crippen LogP) is 2.58. The fourth-order valence-corrected chi connectivity index (χ4v) is 4.43. The van der Waals surface area contributed by atoms with Gasteiger partial charge in [0, 0.05) is 38.3 Å². The molecule has 9 nitrogen and oxygen atoms in total. The van der Waals surface area contributed by atoms with Crippen molar-refractivity contribution in [3.8, 4) is 0 Å². The molecule has 3 aromatic rings. The Morgan fingerprint density at radius 3 is 2.59 bits per heavy atom. The lowest BCUT2D eigenvalue weighted by Gasteiger charge is -2.31. The lowest BCUT2D eigenvalue weighted by Crippen LogP contribution is -2.42. The van der Waals surface area contributed by atoms with E-state index in [0.717, 1.165) is 13.1 Å². The number of para-hydroxylation sites is 1. The van der Waals surface area contributed by atoms with Crippen LogP contribution in [0.3, 0.4) is 0 Å². The van der Waals surface area contributed by atoms with Gasteiger partial charge in [0.25, 0.3) is 11.6 Å². The molecule has 32 heavy (non-hydrogen) atoms. The number of amides is 1. The average molecular weight is 435 g/mol. The summed E-state index contributed by atoms with van der Waals surface area (Å²) in [6, 6.07) is 12.1. The second kappa shape index (κ2) is 8.18. The van der Waals surface area contributed by atoms with Gasteiger partial charge in [-0.1, -0.05) is 24.3 Å². The molecule has 1 amide bonds. The number of carbonyl (C=O) groups is 1. The highest BCUT2D eigenvalue weighted by atomic mass is 16.6. The number of non-ortho nitro benzene ring substituents is 1. The summed E-state index contributed by atoms with van der Waals surface area (Å²) in [7, 11) is 0. The number of nitro groups is 1. The van der Waals surface area contributed by atoms with Crippen molar-refractivity contribution in [1.82, 2.24) is 9.80 Å². The Hall–Kier alpha value is -3.56. The fourth-order valence-electron chi connectivity index (χ4n) is 4.43. The Balaban J connectivity index is 1.61. The van der Waals surface area contributed by atoms with Crippen LogP contribution in [0.15, 0.2) is 57.7 Å². The van der Waals surface area contributed by atoms with Crippen LogP contribution in [-0.2, 0) is 4.74 Å². The summed E-state index contributed by atoms with van der Waals surface area (Å²) in [5, 5.41) is 11.7. The van der Waals surface area contributed by atoms with Crippen LogP contribution in [0, 0.1) is 10.1 Å². The van der Waals surface area contributed by atoms with Crippen molar-refractivity contribution < 1.29 is 18.9 Å². The third kappa shape index (κ3) is 3.45. The van der Waals surface area contributed by atoms with Crippen LogP contribution in [0.25, 0.3) is 11.0 Å². The predicted molar refractivity (Wildman–Crippen MR) is 116 cm³/mol. The van der Waals surface area contributed by atoms with E-state index >= 15 is 0 Å². The molecule has 9 heteroatoms. The number of rotatable bonds is 5. The quantitative estimate of drug-likeness (QED) is 0.448. The van der Waals surface area contributed by atoms with Crippen LogP contribution in [0.4, 0.5) is 5.69 Å². The second-order valence-corrected chi connectivity index (χ2v) is 7.88. The van der Waals surface area contributed by atoms with E-state index in [4.69, 9.17) is 9.15 Å². The largest absolute Gasteiger partial charge is 0.450 e. The van der Waals surface area contributed by atoms with Crippen LogP contribution >= 0.6 is 0 Å². The number of fused-ring (bicyclic) bond motifs is 2. The Morgan fingerprint density at radius 2 is 1.81 bits per heavy atom. The van der Waals surface area contributed by atoms with E-state index in [9.17, 15) is 19.7 Å². The van der Waals surface area contributed by atoms with Crippen LogP contribution in [0.5, 0.6) is 0 Å². The first kappa shape index (κ1) is 20.3. The average Bonchev–Trinajstić information content (AvgIpc) is 3.10. The van der Waals surface area contributed by atoms with Crippen molar-refractivity contribution in [2.24, 2.45) is 0 Å². The molecular formula is C23H21N3O6. The Labute approximate surface area is 182 Å². The number of ether oxygens (including phenoxy) is 1. The van der Waals surface area contributed by atoms with Crippen LogP contribution < -0.4 is 5.43 Å². The van der Waals surface area contributed by atoms with Crippen molar-refractivity contribution in [3.63, 3.8) is 0 Å². The molecule has 3 heterocycles. The summed E-state index contributed by atoms with van der Waals surface area (Å²) in [5.74, 6) is -0.375. The summed E-state index contributed by atoms with van der Waals surface area (Å²) in [6.45, 7) is 3.74. The van der Waals surface area contributed by atoms with Gasteiger partial charge in [0.05, 0.1) is 35.1 Å². The van der Waals surface area contributed by atoms with Gasteiger partial charge in [-0.2, -0.15) is 0 Å². The zero-order valence-corrected chi connectivity index (χ0v) is 17.2. The molecule has 1 unspecified atom stereocenters. The maximum Gasteiger partial charge on any atom is 0.290 e. The topological polar surface area (TPSA) is 106 Å². The molecule has 2 aromatic carbocycles. The SMILES string of the molecule is O=C1c2oc3ccccc3c(=O)c2C(c2cccc([N+](=O)[O-])c2)N1CCN1CCOCC1. The van der Waals surface area contributed by atoms with E-state index in [0.29, 0.717) is 42.8 Å². The van der Waals surface area contributed by atoms with Crippen molar-refractivity contribution in [2.75, 3.05) is 39.4 Å². The van der Waals surface area contributed by atoms with E-state index in [1.54, 1.807) is 41.3 Å². The van der Waals surface area contributed by atoms with Crippen molar-refractivity contribution in [2.45, 2.75) is 6.04 Å². The third-order valence-electron chi connectivity index (χ3n) is 6.03. The monoisotopic (exact) mass is 435 g/mol. The van der Waals surface area contributed by atoms with Gasteiger partial charge >= 0.3 is 0 Å². The molecule has 5 rings (SSSR count). The highest BCUT2D eigenvalue weighted by molar-refractivity contribution is 5.99. The first-order valence-corrected chi connectivity index (χ1v) is 10.5. The number of nitro benzene ring substituents is 1. The fraction of sp³-hybridized carbons (Fsp3) is 0.304. The normalized spacial score (nSPS) is 18.8. The Bertz CT molecular complexity index is 1260. The molecule has 2 aliphatic heterocycles. The molecular weight excluding hydrogens is 414 g/mol. The van der Waals surface area contributed by atoms with Gasteiger partial charge in [0.1, 0.15) is 5.58 Å². The van der Waals surface area contributed by atoms with Gasteiger partial charge in [-0.3, -0.25) is 24.6 Å². The molecule has 164 valence electrons. The van der Waals surface area contributed by atoms with Crippen LogP contribution in [0.1, 0.15) is 27.7 Å². The van der Waals surface area contributed by atoms with Gasteiger partial charge in [-0.05, 0) is 17.7 Å². The molecule has 0 N–H and O–H groups in total. The summed E-state index contributed by atoms with van der Waals surface area (Å²) in [6.07, 6.45) is 0. The molecule has 0 spiro atoms. The Kier molecular flexibility index (Phi) is 5.20. The van der Waals surface area contributed by atoms with Crippen LogP contribution in [0.2, 0.25) is 0 Å². The smallest absolute Gasteiger partial charge is 0.290 e. The minimum atomic E-state index is -0.751. The van der Waals surface area contributed by atoms with Gasteiger partial charge in [-0.25, -0.2) is 0 Å². The summed E-state index contributed by atoms with van der Waals surface area (Å²) in [5.41, 5.74) is 0.701. The van der Waals surface area contributed by atoms with Crippen molar-refractivity contribution >= 4 is 22.6 Å². The van der Waals surface area contributed by atoms with Gasteiger partial charge in [-0.15, -0.1) is 0 Å². The van der Waals surface area contributed by atoms with Gasteiger partial charge < -0.3 is 14.1 Å². The zero-order valence-electron chi connectivity index (χ0n) is 17.2. The number of carbonyl (C=O) groups excluding carboxylic acids is 1. The van der Waals surface area contributed by atoms with E-state index in [1.807, 2.05) is 0 Å². The molecule has 1 atom stereocenters. The molecule has 0 saturated carbocycles. The molecule has 0 aliphatic carbocycles. The number of nitrogens with zero attached hydrogens (tertiary/aromatic N) is 3. The molecule has 0 bridgehead atoms. The molecule has 1 saturated heterocycles. The van der Waals surface area contributed by atoms with E-state index < -0.39 is 11.0 Å². The van der Waals surface area contributed by atoms with Crippen molar-refractivity contribution in [1.29, 1.82) is 0 Å². The van der Waals surface area contributed by atoms with Gasteiger partial charge in [0.15, 0.2) is 5.43 Å². The summed E-state index contributed by atoms with van der Waals surface area (Å²) < 4.78 is 11.3. The molecule has 2 aliphatic rings. The summed E-state index contributed by atoms with van der Waals surface area (Å²) in [4.78, 5) is 41.5. The highest BCUT2D eigenvalue weighted by Gasteiger charge is 2.43. The number of benzene rings is 2. The maximum atomic E-state index is 13.4. The zero-order chi connectivity index (χ0) is 22.2. The number of hydrogen-bond acceptors (Lipinski definition) is 7. The first-order valence-electron chi connectivity index (χ1n) is 10.5. The second-order valence-electron chi connectivity index (χ2n) is 7.88. The number of morpholine rings is 1. The standard InChI is InChI=1S/C23H21N3O6/c27-21-17-6-1-2-7-18(17)32-22-19(21)20(15-4-3-5-16(14-15)26(29)30)25(23(22)28)9-8-24-10-12-31-13-11-24/h1-7,14,20H,8-13H2.